The largest absolute Gasteiger partial charge is 0.772 e. The van der Waals surface area contributed by atoms with Crippen molar-refractivity contribution in [3.63, 3.8) is 0 Å². The summed E-state index contributed by atoms with van der Waals surface area (Å²) in [6.07, 6.45) is 0. The summed E-state index contributed by atoms with van der Waals surface area (Å²) in [5.41, 5.74) is 1.02. The third-order valence-electron chi connectivity index (χ3n) is 4.59. The van der Waals surface area contributed by atoms with Crippen LogP contribution < -0.4 is 9.50 Å². The zero-order chi connectivity index (χ0) is 24.3. The molecule has 2 unspecified atom stereocenters. The van der Waals surface area contributed by atoms with E-state index in [1.807, 2.05) is 0 Å². The highest BCUT2D eigenvalue weighted by molar-refractivity contribution is 7.87. The smallest absolute Gasteiger partial charge is 0.341 e. The number of aliphatic carboxylic acids is 1. The summed E-state index contributed by atoms with van der Waals surface area (Å²) in [5, 5.41) is 12.0. The van der Waals surface area contributed by atoms with Gasteiger partial charge in [0.2, 0.25) is 0 Å². The Morgan fingerprint density at radius 1 is 1.15 bits per heavy atom. The lowest BCUT2D eigenvalue weighted by Crippen LogP contribution is -2.14. The lowest BCUT2D eigenvalue weighted by molar-refractivity contribution is -0.137. The Bertz CT molecular complexity index is 1370. The summed E-state index contributed by atoms with van der Waals surface area (Å²) >= 11 is -4.78. The van der Waals surface area contributed by atoms with Crippen LogP contribution in [0.4, 0.5) is 5.69 Å². The van der Waals surface area contributed by atoms with Gasteiger partial charge in [0.25, 0.3) is 0 Å². The van der Waals surface area contributed by atoms with Crippen molar-refractivity contribution in [2.24, 2.45) is 0 Å². The first kappa shape index (κ1) is 24.9. The zero-order valence-electron chi connectivity index (χ0n) is 17.0. The molecule has 178 valence electrons. The van der Waals surface area contributed by atoms with Crippen LogP contribution >= 0.6 is 0 Å². The predicted octanol–water partition coefficient (Wildman–Crippen LogP) is 1.43. The SMILES string of the molecule is Cc1c(S(=O)(=O)Oc2cccc(CS(=O)[O-])c2)c2cc(NCS(=O)[O-])ccc2n1CC(=O)O. The molecule has 0 bridgehead atoms. The fourth-order valence-electron chi connectivity index (χ4n) is 3.35. The van der Waals surface area contributed by atoms with Crippen LogP contribution in [0.1, 0.15) is 11.3 Å². The van der Waals surface area contributed by atoms with Crippen LogP contribution in [0.2, 0.25) is 0 Å². The van der Waals surface area contributed by atoms with Gasteiger partial charge in [0, 0.05) is 22.5 Å². The topological polar surface area (TPSA) is 178 Å². The molecule has 14 heteroatoms. The molecule has 33 heavy (non-hydrogen) atoms. The van der Waals surface area contributed by atoms with Crippen molar-refractivity contribution in [3.8, 4) is 5.75 Å². The number of nitrogens with one attached hydrogen (secondary N) is 1. The highest BCUT2D eigenvalue weighted by atomic mass is 32.2. The minimum absolute atomic E-state index is 0.105. The van der Waals surface area contributed by atoms with Gasteiger partial charge in [-0.3, -0.25) is 13.2 Å². The Morgan fingerprint density at radius 2 is 1.88 bits per heavy atom. The minimum atomic E-state index is -4.50. The molecule has 0 fully saturated rings. The molecule has 0 aliphatic rings. The zero-order valence-corrected chi connectivity index (χ0v) is 19.5. The molecule has 0 saturated heterocycles. The van der Waals surface area contributed by atoms with Gasteiger partial charge in [0.1, 0.15) is 17.2 Å². The van der Waals surface area contributed by atoms with Crippen LogP contribution in [0, 0.1) is 6.92 Å². The Kier molecular flexibility index (Phi) is 7.54. The maximum atomic E-state index is 13.2. The first-order chi connectivity index (χ1) is 15.5. The van der Waals surface area contributed by atoms with Crippen LogP contribution in [0.25, 0.3) is 10.9 Å². The fourth-order valence-corrected chi connectivity index (χ4v) is 5.43. The van der Waals surface area contributed by atoms with Gasteiger partial charge >= 0.3 is 16.1 Å². The summed E-state index contributed by atoms with van der Waals surface area (Å²) in [6.45, 7) is 0.913. The van der Waals surface area contributed by atoms with Gasteiger partial charge in [-0.25, -0.2) is 0 Å². The van der Waals surface area contributed by atoms with E-state index in [1.165, 1.54) is 54.0 Å². The Balaban J connectivity index is 2.11. The minimum Gasteiger partial charge on any atom is -0.772 e. The van der Waals surface area contributed by atoms with Gasteiger partial charge in [-0.2, -0.15) is 8.42 Å². The molecule has 2 atom stereocenters. The average Bonchev–Trinajstić information content (AvgIpc) is 2.97. The van der Waals surface area contributed by atoms with Crippen LogP contribution in [-0.2, 0) is 49.4 Å². The molecule has 0 radical (unpaired) electrons. The van der Waals surface area contributed by atoms with Crippen molar-refractivity contribution in [2.75, 3.05) is 11.2 Å². The van der Waals surface area contributed by atoms with Crippen molar-refractivity contribution in [1.82, 2.24) is 4.57 Å². The van der Waals surface area contributed by atoms with E-state index in [0.717, 1.165) is 0 Å². The predicted molar refractivity (Wildman–Crippen MR) is 119 cm³/mol. The number of anilines is 1. The monoisotopic (exact) mass is 514 g/mol. The summed E-state index contributed by atoms with van der Waals surface area (Å²) in [4.78, 5) is 11.1. The van der Waals surface area contributed by atoms with E-state index in [4.69, 9.17) is 4.18 Å². The molecule has 0 amide bonds. The molecule has 11 nitrogen and oxygen atoms in total. The summed E-state index contributed by atoms with van der Waals surface area (Å²) in [5.74, 6) is -2.05. The number of hydrogen-bond donors (Lipinski definition) is 2. The van der Waals surface area contributed by atoms with Gasteiger partial charge in [0.05, 0.1) is 11.4 Å². The van der Waals surface area contributed by atoms with Crippen molar-refractivity contribution in [2.45, 2.75) is 24.1 Å². The van der Waals surface area contributed by atoms with Gasteiger partial charge in [-0.05, 0) is 53.9 Å². The van der Waals surface area contributed by atoms with Gasteiger partial charge in [-0.15, -0.1) is 0 Å². The van der Waals surface area contributed by atoms with Crippen LogP contribution in [0.5, 0.6) is 5.75 Å². The second-order valence-corrected chi connectivity index (χ2v) is 10.2. The van der Waals surface area contributed by atoms with Gasteiger partial charge in [-0.1, -0.05) is 23.2 Å². The molecular weight excluding hydrogens is 496 g/mol. The van der Waals surface area contributed by atoms with E-state index in [-0.39, 0.29) is 27.5 Å². The molecule has 3 aromatic rings. The number of fused-ring (bicyclic) bond motifs is 1. The molecule has 0 aliphatic heterocycles. The number of carboxylic acid groups (broad SMARTS) is 1. The van der Waals surface area contributed by atoms with Crippen molar-refractivity contribution >= 4 is 54.8 Å². The summed E-state index contributed by atoms with van der Waals surface area (Å²) in [6, 6.07) is 9.92. The van der Waals surface area contributed by atoms with E-state index in [1.54, 1.807) is 0 Å². The van der Waals surface area contributed by atoms with Crippen molar-refractivity contribution < 1.29 is 40.0 Å². The highest BCUT2D eigenvalue weighted by Gasteiger charge is 2.28. The van der Waals surface area contributed by atoms with E-state index in [2.05, 4.69) is 5.32 Å². The highest BCUT2D eigenvalue weighted by Crippen LogP contribution is 2.34. The van der Waals surface area contributed by atoms with Crippen molar-refractivity contribution in [1.29, 1.82) is 0 Å². The van der Waals surface area contributed by atoms with Gasteiger partial charge in [0.15, 0.2) is 0 Å². The molecule has 0 spiro atoms. The second kappa shape index (κ2) is 10.0. The molecule has 1 aromatic heterocycles. The molecule has 2 N–H and O–H groups in total. The Morgan fingerprint density at radius 3 is 2.52 bits per heavy atom. The molecule has 0 aliphatic carbocycles. The van der Waals surface area contributed by atoms with E-state index in [0.29, 0.717) is 16.8 Å². The molecule has 0 saturated carbocycles. The number of rotatable bonds is 10. The number of benzene rings is 2. The number of aromatic nitrogens is 1. The normalized spacial score (nSPS) is 13.5. The molecule has 2 aromatic carbocycles. The van der Waals surface area contributed by atoms with E-state index < -0.39 is 50.7 Å². The van der Waals surface area contributed by atoms with E-state index in [9.17, 15) is 35.8 Å². The first-order valence-electron chi connectivity index (χ1n) is 9.21. The third kappa shape index (κ3) is 5.97. The van der Waals surface area contributed by atoms with Crippen LogP contribution in [-0.4, -0.2) is 47.5 Å². The summed E-state index contributed by atoms with van der Waals surface area (Å²) in [7, 11) is -4.50. The van der Waals surface area contributed by atoms with Gasteiger partial charge < -0.3 is 28.3 Å². The maximum Gasteiger partial charge on any atom is 0.341 e. The number of nitrogens with zero attached hydrogens (tertiary/aromatic N) is 1. The third-order valence-corrected chi connectivity index (χ3v) is 6.97. The first-order valence-corrected chi connectivity index (χ1v) is 13.1. The maximum absolute atomic E-state index is 13.2. The summed E-state index contributed by atoms with van der Waals surface area (Å²) < 4.78 is 76.6. The number of carboxylic acids is 1. The molecule has 1 heterocycles. The number of hydrogen-bond acceptors (Lipinski definition) is 9. The Hall–Kier alpha value is -2.78. The lowest BCUT2D eigenvalue weighted by atomic mass is 10.2. The van der Waals surface area contributed by atoms with Crippen molar-refractivity contribution in [3.05, 3.63) is 53.7 Å². The van der Waals surface area contributed by atoms with E-state index >= 15 is 0 Å². The lowest BCUT2D eigenvalue weighted by Gasteiger charge is -2.11. The quantitative estimate of drug-likeness (QED) is 0.297. The van der Waals surface area contributed by atoms with Crippen LogP contribution in [0.15, 0.2) is 47.4 Å². The number of carbonyl (C=O) groups is 1. The second-order valence-electron chi connectivity index (χ2n) is 6.88. The Labute approximate surface area is 194 Å². The standard InChI is InChI=1S/C19H20N2O9S3/c1-12-19(33(28,29)30-15-4-2-3-13(7-15)10-31(24)25)16-8-14(20-11-32(26)27)5-6-17(16)21(12)9-18(22)23/h2-8,20H,9-11H2,1H3,(H,22,23)(H,24,25)(H,26,27)/p-2. The molecular formula is C19H18N2O9S3-2. The fraction of sp³-hybridized carbons (Fsp3) is 0.211. The average molecular weight is 515 g/mol. The van der Waals surface area contributed by atoms with Crippen LogP contribution in [0.3, 0.4) is 0 Å². The molecule has 3 rings (SSSR count).